The van der Waals surface area contributed by atoms with Crippen LogP contribution in [0.2, 0.25) is 0 Å². The lowest BCUT2D eigenvalue weighted by Crippen LogP contribution is -2.24. The molecule has 0 aliphatic rings. The Morgan fingerprint density at radius 1 is 1.33 bits per heavy atom. The van der Waals surface area contributed by atoms with E-state index >= 15 is 0 Å². The van der Waals surface area contributed by atoms with Gasteiger partial charge < -0.3 is 5.32 Å². The van der Waals surface area contributed by atoms with Crippen LogP contribution in [-0.2, 0) is 19.9 Å². The van der Waals surface area contributed by atoms with Gasteiger partial charge in [-0.15, -0.1) is 11.3 Å². The minimum Gasteiger partial charge on any atom is -0.310 e. The van der Waals surface area contributed by atoms with Crippen molar-refractivity contribution in [1.29, 1.82) is 0 Å². The van der Waals surface area contributed by atoms with Crippen molar-refractivity contribution in [1.82, 2.24) is 15.1 Å². The highest BCUT2D eigenvalue weighted by atomic mass is 79.9. The van der Waals surface area contributed by atoms with Gasteiger partial charge in [0.2, 0.25) is 0 Å². The Kier molecular flexibility index (Phi) is 6.47. The molecule has 0 aliphatic heterocycles. The van der Waals surface area contributed by atoms with E-state index in [0.717, 1.165) is 35.3 Å². The summed E-state index contributed by atoms with van der Waals surface area (Å²) in [6, 6.07) is 4.73. The van der Waals surface area contributed by atoms with E-state index in [1.165, 1.54) is 15.0 Å². The average molecular weight is 435 g/mol. The number of nitrogens with zero attached hydrogens (tertiary/aromatic N) is 2. The second-order valence-corrected chi connectivity index (χ2v) is 8.84. The molecule has 0 aliphatic carbocycles. The van der Waals surface area contributed by atoms with Crippen molar-refractivity contribution in [3.63, 3.8) is 0 Å². The van der Waals surface area contributed by atoms with Crippen LogP contribution >= 0.6 is 43.2 Å². The van der Waals surface area contributed by atoms with Crippen LogP contribution in [-0.4, -0.2) is 16.3 Å². The predicted octanol–water partition coefficient (Wildman–Crippen LogP) is 4.85. The van der Waals surface area contributed by atoms with Gasteiger partial charge in [-0.05, 0) is 68.9 Å². The summed E-state index contributed by atoms with van der Waals surface area (Å²) in [6.07, 6.45) is 3.06. The maximum Gasteiger partial charge on any atom is 0.0758 e. The van der Waals surface area contributed by atoms with Crippen LogP contribution in [0.3, 0.4) is 0 Å². The Morgan fingerprint density at radius 2 is 2.10 bits per heavy atom. The lowest BCUT2D eigenvalue weighted by atomic mass is 10.0. The summed E-state index contributed by atoms with van der Waals surface area (Å²) in [5, 5.41) is 8.21. The molecule has 2 rings (SSSR count). The molecule has 2 aromatic rings. The summed E-state index contributed by atoms with van der Waals surface area (Å²) in [4.78, 5) is 0. The Labute approximate surface area is 147 Å². The third-order valence-electron chi connectivity index (χ3n) is 3.50. The Balaban J connectivity index is 2.23. The summed E-state index contributed by atoms with van der Waals surface area (Å²) in [5.41, 5.74) is 3.75. The number of halogens is 2. The fourth-order valence-electron chi connectivity index (χ4n) is 2.35. The van der Waals surface area contributed by atoms with Gasteiger partial charge in [-0.2, -0.15) is 5.10 Å². The van der Waals surface area contributed by atoms with Crippen LogP contribution in [0, 0.1) is 0 Å². The van der Waals surface area contributed by atoms with Crippen LogP contribution in [0.15, 0.2) is 19.7 Å². The van der Waals surface area contributed by atoms with Gasteiger partial charge in [-0.1, -0.05) is 13.8 Å². The van der Waals surface area contributed by atoms with Gasteiger partial charge in [0.15, 0.2) is 0 Å². The lowest BCUT2D eigenvalue weighted by Gasteiger charge is -2.18. The highest BCUT2D eigenvalue weighted by molar-refractivity contribution is 9.12. The maximum atomic E-state index is 4.55. The molecule has 116 valence electrons. The highest BCUT2D eigenvalue weighted by Crippen LogP contribution is 2.36. The fraction of sp³-hybridized carbons (Fsp3) is 0.533. The fourth-order valence-corrected chi connectivity index (χ4v) is 5.32. The zero-order valence-electron chi connectivity index (χ0n) is 12.6. The van der Waals surface area contributed by atoms with Gasteiger partial charge in [0.1, 0.15) is 0 Å². The second kappa shape index (κ2) is 7.90. The molecule has 0 amide bonds. The van der Waals surface area contributed by atoms with Crippen LogP contribution in [0.5, 0.6) is 0 Å². The lowest BCUT2D eigenvalue weighted by molar-refractivity contribution is 0.512. The first kappa shape index (κ1) is 17.2. The highest BCUT2D eigenvalue weighted by Gasteiger charge is 2.19. The van der Waals surface area contributed by atoms with Gasteiger partial charge in [0, 0.05) is 25.2 Å². The third kappa shape index (κ3) is 4.41. The molecular weight excluding hydrogens is 414 g/mol. The normalized spacial score (nSPS) is 12.8. The number of aromatic nitrogens is 2. The minimum absolute atomic E-state index is 0.307. The SMILES string of the molecule is CCCNC(Cc1cc(CC)nn1C)c1cc(Br)sc1Br. The van der Waals surface area contributed by atoms with E-state index in [4.69, 9.17) is 0 Å². The van der Waals surface area contributed by atoms with Crippen molar-refractivity contribution in [2.75, 3.05) is 6.54 Å². The van der Waals surface area contributed by atoms with Crippen LogP contribution < -0.4 is 5.32 Å². The average Bonchev–Trinajstić information content (AvgIpc) is 2.97. The van der Waals surface area contributed by atoms with E-state index in [1.54, 1.807) is 11.3 Å². The second-order valence-electron chi connectivity index (χ2n) is 5.09. The summed E-state index contributed by atoms with van der Waals surface area (Å²) in [5.74, 6) is 0. The molecule has 1 unspecified atom stereocenters. The Bertz CT molecular complexity index is 592. The summed E-state index contributed by atoms with van der Waals surface area (Å²) in [7, 11) is 2.03. The standard InChI is InChI=1S/C15H21Br2N3S/c1-4-6-18-13(12-9-14(16)21-15(12)17)8-11-7-10(5-2)19-20(11)3/h7,9,13,18H,4-6,8H2,1-3H3. The smallest absolute Gasteiger partial charge is 0.0758 e. The van der Waals surface area contributed by atoms with E-state index in [2.05, 4.69) is 68.3 Å². The summed E-state index contributed by atoms with van der Waals surface area (Å²) < 4.78 is 4.36. The quantitative estimate of drug-likeness (QED) is 0.674. The van der Waals surface area contributed by atoms with E-state index in [-0.39, 0.29) is 0 Å². The number of thiophene rings is 1. The molecule has 0 bridgehead atoms. The topological polar surface area (TPSA) is 29.9 Å². The van der Waals surface area contributed by atoms with Crippen molar-refractivity contribution in [3.8, 4) is 0 Å². The molecule has 0 saturated heterocycles. The van der Waals surface area contributed by atoms with Crippen molar-refractivity contribution in [3.05, 3.63) is 36.7 Å². The van der Waals surface area contributed by atoms with Crippen molar-refractivity contribution < 1.29 is 0 Å². The number of rotatable bonds is 7. The van der Waals surface area contributed by atoms with E-state index < -0.39 is 0 Å². The third-order valence-corrected chi connectivity index (χ3v) is 5.89. The molecule has 0 radical (unpaired) electrons. The molecule has 1 N–H and O–H groups in total. The van der Waals surface area contributed by atoms with Gasteiger partial charge in [-0.25, -0.2) is 0 Å². The summed E-state index contributed by atoms with van der Waals surface area (Å²) in [6.45, 7) is 5.36. The molecule has 0 fully saturated rings. The zero-order chi connectivity index (χ0) is 15.4. The molecule has 6 heteroatoms. The van der Waals surface area contributed by atoms with E-state index in [9.17, 15) is 0 Å². The molecule has 1 atom stereocenters. The van der Waals surface area contributed by atoms with Crippen LogP contribution in [0.25, 0.3) is 0 Å². The molecular formula is C15H21Br2N3S. The Hall–Kier alpha value is -0.170. The van der Waals surface area contributed by atoms with Crippen LogP contribution in [0.1, 0.15) is 43.3 Å². The summed E-state index contributed by atoms with van der Waals surface area (Å²) >= 11 is 8.99. The first-order chi connectivity index (χ1) is 10.0. The van der Waals surface area contributed by atoms with Gasteiger partial charge in [0.05, 0.1) is 13.3 Å². The first-order valence-corrected chi connectivity index (χ1v) is 9.65. The van der Waals surface area contributed by atoms with Crippen molar-refractivity contribution >= 4 is 43.2 Å². The van der Waals surface area contributed by atoms with Crippen molar-refractivity contribution in [2.24, 2.45) is 7.05 Å². The number of nitrogens with one attached hydrogen (secondary N) is 1. The van der Waals surface area contributed by atoms with Gasteiger partial charge in [0.25, 0.3) is 0 Å². The number of aryl methyl sites for hydroxylation is 2. The molecule has 2 heterocycles. The molecule has 2 aromatic heterocycles. The van der Waals surface area contributed by atoms with Gasteiger partial charge in [-0.3, -0.25) is 4.68 Å². The zero-order valence-corrected chi connectivity index (χ0v) is 16.6. The molecule has 0 aromatic carbocycles. The molecule has 0 spiro atoms. The molecule has 0 saturated carbocycles. The predicted molar refractivity (Wildman–Crippen MR) is 97.0 cm³/mol. The number of hydrogen-bond acceptors (Lipinski definition) is 3. The maximum absolute atomic E-state index is 4.55. The van der Waals surface area contributed by atoms with Crippen molar-refractivity contribution in [2.45, 2.75) is 39.2 Å². The van der Waals surface area contributed by atoms with Gasteiger partial charge >= 0.3 is 0 Å². The van der Waals surface area contributed by atoms with E-state index in [1.807, 2.05) is 11.7 Å². The van der Waals surface area contributed by atoms with E-state index in [0.29, 0.717) is 6.04 Å². The first-order valence-electron chi connectivity index (χ1n) is 7.25. The number of hydrogen-bond donors (Lipinski definition) is 1. The van der Waals surface area contributed by atoms with Crippen LogP contribution in [0.4, 0.5) is 0 Å². The largest absolute Gasteiger partial charge is 0.310 e. The monoisotopic (exact) mass is 433 g/mol. The minimum atomic E-state index is 0.307. The molecule has 3 nitrogen and oxygen atoms in total. The Morgan fingerprint density at radius 3 is 2.62 bits per heavy atom. The molecule has 21 heavy (non-hydrogen) atoms.